The molecule has 0 amide bonds. The predicted molar refractivity (Wildman–Crippen MR) is 136 cm³/mol. The van der Waals surface area contributed by atoms with Gasteiger partial charge in [0.05, 0.1) is 27.2 Å². The molecule has 2 heterocycles. The highest BCUT2D eigenvalue weighted by Gasteiger charge is 2.36. The van der Waals surface area contributed by atoms with Gasteiger partial charge in [-0.3, -0.25) is 0 Å². The van der Waals surface area contributed by atoms with Gasteiger partial charge in [0.1, 0.15) is 5.69 Å². The Labute approximate surface area is 219 Å². The molecule has 0 aliphatic carbocycles. The number of aromatic nitrogens is 3. The van der Waals surface area contributed by atoms with E-state index in [1.807, 2.05) is 0 Å². The lowest BCUT2D eigenvalue weighted by Gasteiger charge is -2.12. The number of hydrogen-bond acceptors (Lipinski definition) is 4. The van der Waals surface area contributed by atoms with Crippen molar-refractivity contribution in [2.45, 2.75) is 11.1 Å². The van der Waals surface area contributed by atoms with Gasteiger partial charge < -0.3 is 0 Å². The second-order valence-corrected chi connectivity index (χ2v) is 10.5. The molecule has 0 radical (unpaired) electrons. The van der Waals surface area contributed by atoms with E-state index < -0.39 is 21.8 Å². The summed E-state index contributed by atoms with van der Waals surface area (Å²) in [5.41, 5.74) is 0.175. The van der Waals surface area contributed by atoms with Crippen LogP contribution in [-0.2, 0) is 16.2 Å². The van der Waals surface area contributed by atoms with Gasteiger partial charge in [0.25, 0.3) is 0 Å². The summed E-state index contributed by atoms with van der Waals surface area (Å²) >= 11 is 11.9. The number of halogens is 5. The number of fused-ring (bicyclic) bond motifs is 1. The van der Waals surface area contributed by atoms with Crippen LogP contribution in [0.3, 0.4) is 0 Å². The first-order valence-corrected chi connectivity index (χ1v) is 12.9. The molecule has 0 bridgehead atoms. The number of hydrogen-bond donors (Lipinski definition) is 1. The highest BCUT2D eigenvalue weighted by Crippen LogP contribution is 2.41. The topological polar surface area (TPSA) is 90.9 Å². The number of nitrogens with two attached hydrogens (primary N) is 1. The number of alkyl halides is 3. The van der Waals surface area contributed by atoms with Crippen molar-refractivity contribution in [3.63, 3.8) is 0 Å². The molecule has 37 heavy (non-hydrogen) atoms. The minimum atomic E-state index is -4.74. The van der Waals surface area contributed by atoms with E-state index >= 15 is 0 Å². The molecule has 0 aliphatic rings. The first-order valence-electron chi connectivity index (χ1n) is 10.6. The minimum Gasteiger partial charge on any atom is -0.228 e. The summed E-state index contributed by atoms with van der Waals surface area (Å²) in [5, 5.41) is 10.3. The Balaban J connectivity index is 1.86. The zero-order valence-electron chi connectivity index (χ0n) is 18.5. The van der Waals surface area contributed by atoms with Gasteiger partial charge in [-0.1, -0.05) is 47.5 Å². The Hall–Kier alpha value is -3.44. The molecule has 2 aromatic heterocycles. The average molecular weight is 563 g/mol. The van der Waals surface area contributed by atoms with E-state index in [0.29, 0.717) is 21.2 Å². The van der Waals surface area contributed by atoms with Crippen LogP contribution in [0.4, 0.5) is 13.2 Å². The molecule has 188 valence electrons. The van der Waals surface area contributed by atoms with Crippen LogP contribution >= 0.6 is 23.2 Å². The lowest BCUT2D eigenvalue weighted by atomic mass is 10.0. The SMILES string of the molecule is NS(=O)(=O)c1ccc(-n2nc(-c3ccc(Cl)cc3)c3c(C(F)(F)F)cc(-c4ccc(Cl)cc4)nc32)cc1. The monoisotopic (exact) mass is 562 g/mol. The largest absolute Gasteiger partial charge is 0.417 e. The third kappa shape index (κ3) is 4.93. The molecule has 0 saturated heterocycles. The van der Waals surface area contributed by atoms with Gasteiger partial charge in [0.15, 0.2) is 5.65 Å². The van der Waals surface area contributed by atoms with Crippen LogP contribution < -0.4 is 5.14 Å². The molecule has 5 rings (SSSR count). The quantitative estimate of drug-likeness (QED) is 0.263. The van der Waals surface area contributed by atoms with Crippen molar-refractivity contribution in [2.75, 3.05) is 0 Å². The number of nitrogens with zero attached hydrogens (tertiary/aromatic N) is 3. The minimum absolute atomic E-state index is 0.0321. The maximum atomic E-state index is 14.4. The number of pyridine rings is 1. The van der Waals surface area contributed by atoms with Crippen molar-refractivity contribution >= 4 is 44.3 Å². The van der Waals surface area contributed by atoms with Gasteiger partial charge in [-0.05, 0) is 54.6 Å². The second kappa shape index (κ2) is 9.14. The van der Waals surface area contributed by atoms with Crippen molar-refractivity contribution in [2.24, 2.45) is 5.14 Å². The molecular formula is C25H15Cl2F3N4O2S. The van der Waals surface area contributed by atoms with E-state index in [2.05, 4.69) is 10.1 Å². The molecule has 3 aromatic carbocycles. The van der Waals surface area contributed by atoms with Crippen LogP contribution in [0.15, 0.2) is 83.8 Å². The summed E-state index contributed by atoms with van der Waals surface area (Å²) < 4.78 is 68.0. The van der Waals surface area contributed by atoms with Gasteiger partial charge in [0, 0.05) is 21.2 Å². The molecule has 5 aromatic rings. The van der Waals surface area contributed by atoms with Crippen LogP contribution in [0, 0.1) is 0 Å². The lowest BCUT2D eigenvalue weighted by Crippen LogP contribution is -2.12. The van der Waals surface area contributed by atoms with Crippen LogP contribution in [0.1, 0.15) is 5.56 Å². The third-order valence-electron chi connectivity index (χ3n) is 5.61. The molecule has 0 aliphatic heterocycles. The van der Waals surface area contributed by atoms with E-state index in [9.17, 15) is 21.6 Å². The van der Waals surface area contributed by atoms with Gasteiger partial charge in [0.2, 0.25) is 10.0 Å². The average Bonchev–Trinajstić information content (AvgIpc) is 3.23. The fourth-order valence-electron chi connectivity index (χ4n) is 3.87. The predicted octanol–water partition coefficient (Wildman–Crippen LogP) is 6.73. The maximum absolute atomic E-state index is 14.4. The highest BCUT2D eigenvalue weighted by molar-refractivity contribution is 7.89. The van der Waals surface area contributed by atoms with Crippen LogP contribution in [0.5, 0.6) is 0 Å². The summed E-state index contributed by atoms with van der Waals surface area (Å²) in [7, 11) is -3.98. The first-order chi connectivity index (χ1) is 17.4. The van der Waals surface area contributed by atoms with E-state index in [4.69, 9.17) is 28.3 Å². The molecule has 12 heteroatoms. The molecule has 0 fully saturated rings. The molecule has 0 saturated carbocycles. The fraction of sp³-hybridized carbons (Fsp3) is 0.0400. The Kier molecular flexibility index (Phi) is 6.23. The zero-order chi connectivity index (χ0) is 26.5. The number of primary sulfonamides is 1. The summed E-state index contributed by atoms with van der Waals surface area (Å²) in [6.07, 6.45) is -4.74. The van der Waals surface area contributed by atoms with E-state index in [1.54, 1.807) is 48.5 Å². The van der Waals surface area contributed by atoms with Crippen molar-refractivity contribution in [1.29, 1.82) is 0 Å². The summed E-state index contributed by atoms with van der Waals surface area (Å²) in [6, 6.07) is 18.7. The second-order valence-electron chi connectivity index (χ2n) is 8.06. The highest BCUT2D eigenvalue weighted by atomic mass is 35.5. The first kappa shape index (κ1) is 25.2. The van der Waals surface area contributed by atoms with E-state index in [0.717, 1.165) is 6.07 Å². The Bertz CT molecular complexity index is 1740. The van der Waals surface area contributed by atoms with Crippen molar-refractivity contribution < 1.29 is 21.6 Å². The summed E-state index contributed by atoms with van der Waals surface area (Å²) in [5.74, 6) is 0. The lowest BCUT2D eigenvalue weighted by molar-refractivity contribution is -0.136. The molecule has 2 N–H and O–H groups in total. The van der Waals surface area contributed by atoms with Crippen LogP contribution in [-0.4, -0.2) is 23.2 Å². The molecule has 6 nitrogen and oxygen atoms in total. The van der Waals surface area contributed by atoms with Gasteiger partial charge >= 0.3 is 6.18 Å². The molecule has 0 atom stereocenters. The Morgan fingerprint density at radius 3 is 1.86 bits per heavy atom. The normalized spacial score (nSPS) is 12.3. The van der Waals surface area contributed by atoms with Crippen molar-refractivity contribution in [1.82, 2.24) is 14.8 Å². The molecule has 0 unspecified atom stereocenters. The molecular weight excluding hydrogens is 548 g/mol. The Morgan fingerprint density at radius 1 is 0.811 bits per heavy atom. The maximum Gasteiger partial charge on any atom is 0.417 e. The standard InChI is InChI=1S/C25H15Cl2F3N4O2S/c26-16-5-1-14(2-6-16)21-13-20(25(28,29)30)22-23(15-3-7-17(27)8-4-15)33-34(24(22)32-21)18-9-11-19(12-10-18)37(31,35)36/h1-13H,(H2,31,35,36). The van der Waals surface area contributed by atoms with Gasteiger partial charge in [-0.15, -0.1) is 0 Å². The van der Waals surface area contributed by atoms with Crippen molar-refractivity contribution in [3.8, 4) is 28.2 Å². The Morgan fingerprint density at radius 2 is 1.35 bits per heavy atom. The summed E-state index contributed by atoms with van der Waals surface area (Å²) in [6.45, 7) is 0. The van der Waals surface area contributed by atoms with E-state index in [1.165, 1.54) is 28.9 Å². The fourth-order valence-corrected chi connectivity index (χ4v) is 4.64. The van der Waals surface area contributed by atoms with Crippen molar-refractivity contribution in [3.05, 3.63) is 94.5 Å². The van der Waals surface area contributed by atoms with Gasteiger partial charge in [-0.2, -0.15) is 18.3 Å². The van der Waals surface area contributed by atoms with Crippen LogP contribution in [0.25, 0.3) is 39.2 Å². The number of benzene rings is 3. The smallest absolute Gasteiger partial charge is 0.228 e. The molecule has 0 spiro atoms. The number of rotatable bonds is 4. The summed E-state index contributed by atoms with van der Waals surface area (Å²) in [4.78, 5) is 4.39. The third-order valence-corrected chi connectivity index (χ3v) is 7.04. The van der Waals surface area contributed by atoms with Crippen LogP contribution in [0.2, 0.25) is 10.0 Å². The van der Waals surface area contributed by atoms with Gasteiger partial charge in [-0.25, -0.2) is 23.2 Å². The number of sulfonamides is 1. The van der Waals surface area contributed by atoms with E-state index in [-0.39, 0.29) is 33.0 Å². The zero-order valence-corrected chi connectivity index (χ0v) is 20.9.